The molecule has 0 spiro atoms. The molecule has 2 aromatic rings. The number of hydrogen-bond donors (Lipinski definition) is 0. The van der Waals surface area contributed by atoms with Crippen molar-refractivity contribution in [2.45, 2.75) is 6.54 Å². The van der Waals surface area contributed by atoms with Crippen LogP contribution in [0.5, 0.6) is 5.75 Å². The van der Waals surface area contributed by atoms with Gasteiger partial charge in [0.1, 0.15) is 5.75 Å². The monoisotopic (exact) mass is 374 g/mol. The second kappa shape index (κ2) is 10.9. The van der Waals surface area contributed by atoms with Crippen LogP contribution < -0.4 is 4.74 Å². The van der Waals surface area contributed by atoms with Gasteiger partial charge in [-0.3, -0.25) is 9.69 Å². The molecular formula is C21H30N2O4. The summed E-state index contributed by atoms with van der Waals surface area (Å²) in [6.45, 7) is 3.52. The summed E-state index contributed by atoms with van der Waals surface area (Å²) >= 11 is 0. The van der Waals surface area contributed by atoms with E-state index in [2.05, 4.69) is 23.1 Å². The van der Waals surface area contributed by atoms with E-state index in [1.807, 2.05) is 25.2 Å². The van der Waals surface area contributed by atoms with E-state index in [0.29, 0.717) is 39.4 Å². The van der Waals surface area contributed by atoms with Crippen LogP contribution in [0.4, 0.5) is 0 Å². The van der Waals surface area contributed by atoms with Gasteiger partial charge < -0.3 is 19.1 Å². The number of benzene rings is 2. The largest absolute Gasteiger partial charge is 0.497 e. The third-order valence-corrected chi connectivity index (χ3v) is 4.54. The fourth-order valence-electron chi connectivity index (χ4n) is 2.88. The van der Waals surface area contributed by atoms with Gasteiger partial charge >= 0.3 is 0 Å². The smallest absolute Gasteiger partial charge is 0.236 e. The molecule has 2 aromatic carbocycles. The molecule has 0 aliphatic heterocycles. The molecule has 1 amide bonds. The molecule has 0 bridgehead atoms. The van der Waals surface area contributed by atoms with Crippen molar-refractivity contribution in [2.24, 2.45) is 0 Å². The first kappa shape index (κ1) is 21.2. The Hall–Kier alpha value is -2.15. The zero-order valence-corrected chi connectivity index (χ0v) is 16.7. The molecule has 0 aliphatic carbocycles. The van der Waals surface area contributed by atoms with Crippen molar-refractivity contribution in [3.05, 3.63) is 42.0 Å². The van der Waals surface area contributed by atoms with E-state index in [1.165, 1.54) is 0 Å². The SMILES string of the molecule is COCCN(CCOC)CC(=O)N(C)Cc1ccc2cc(OC)ccc2c1. The highest BCUT2D eigenvalue weighted by Gasteiger charge is 2.15. The van der Waals surface area contributed by atoms with Crippen molar-refractivity contribution in [3.63, 3.8) is 0 Å². The van der Waals surface area contributed by atoms with Crippen LogP contribution in [-0.2, 0) is 20.8 Å². The minimum absolute atomic E-state index is 0.0806. The normalized spacial score (nSPS) is 11.1. The molecule has 2 rings (SSSR count). The first-order valence-corrected chi connectivity index (χ1v) is 9.08. The molecule has 27 heavy (non-hydrogen) atoms. The predicted octanol–water partition coefficient (Wildman–Crippen LogP) is 2.40. The average molecular weight is 374 g/mol. The summed E-state index contributed by atoms with van der Waals surface area (Å²) in [5.74, 6) is 0.923. The van der Waals surface area contributed by atoms with Crippen molar-refractivity contribution in [1.29, 1.82) is 0 Å². The maximum absolute atomic E-state index is 12.6. The molecule has 0 aliphatic rings. The lowest BCUT2D eigenvalue weighted by Crippen LogP contribution is -2.40. The van der Waals surface area contributed by atoms with Crippen LogP contribution in [0, 0.1) is 0 Å². The molecule has 6 heteroatoms. The quantitative estimate of drug-likeness (QED) is 0.605. The van der Waals surface area contributed by atoms with Crippen molar-refractivity contribution in [3.8, 4) is 5.75 Å². The van der Waals surface area contributed by atoms with Crippen molar-refractivity contribution in [2.75, 3.05) is 61.2 Å². The Balaban J connectivity index is 1.98. The highest BCUT2D eigenvalue weighted by molar-refractivity contribution is 5.84. The number of carbonyl (C=O) groups is 1. The van der Waals surface area contributed by atoms with Crippen LogP contribution in [0.15, 0.2) is 36.4 Å². The maximum atomic E-state index is 12.6. The van der Waals surface area contributed by atoms with Gasteiger partial charge in [-0.05, 0) is 34.5 Å². The number of fused-ring (bicyclic) bond motifs is 1. The summed E-state index contributed by atoms with van der Waals surface area (Å²) in [5.41, 5.74) is 1.10. The fourth-order valence-corrected chi connectivity index (χ4v) is 2.88. The molecule has 0 aromatic heterocycles. The molecule has 0 radical (unpaired) electrons. The van der Waals surface area contributed by atoms with E-state index in [0.717, 1.165) is 22.1 Å². The van der Waals surface area contributed by atoms with Gasteiger partial charge in [-0.2, -0.15) is 0 Å². The average Bonchev–Trinajstić information content (AvgIpc) is 2.69. The third kappa shape index (κ3) is 6.50. The molecule has 0 N–H and O–H groups in total. The van der Waals surface area contributed by atoms with E-state index in [9.17, 15) is 4.79 Å². The Kier molecular flexibility index (Phi) is 8.51. The van der Waals surface area contributed by atoms with Crippen LogP contribution in [0.2, 0.25) is 0 Å². The molecule has 0 atom stereocenters. The van der Waals surface area contributed by atoms with Crippen LogP contribution in [0.1, 0.15) is 5.56 Å². The van der Waals surface area contributed by atoms with E-state index >= 15 is 0 Å². The summed E-state index contributed by atoms with van der Waals surface area (Å²) < 4.78 is 15.5. The lowest BCUT2D eigenvalue weighted by atomic mass is 10.1. The molecule has 6 nitrogen and oxygen atoms in total. The first-order chi connectivity index (χ1) is 13.1. The minimum Gasteiger partial charge on any atom is -0.497 e. The topological polar surface area (TPSA) is 51.2 Å². The van der Waals surface area contributed by atoms with E-state index < -0.39 is 0 Å². The van der Waals surface area contributed by atoms with Crippen LogP contribution >= 0.6 is 0 Å². The van der Waals surface area contributed by atoms with E-state index in [1.54, 1.807) is 26.2 Å². The number of ether oxygens (including phenoxy) is 3. The molecule has 148 valence electrons. The highest BCUT2D eigenvalue weighted by Crippen LogP contribution is 2.22. The second-order valence-electron chi connectivity index (χ2n) is 6.56. The summed E-state index contributed by atoms with van der Waals surface area (Å²) in [4.78, 5) is 16.4. The Morgan fingerprint density at radius 3 is 2.19 bits per heavy atom. The van der Waals surface area contributed by atoms with Gasteiger partial charge in [0.2, 0.25) is 5.91 Å². The van der Waals surface area contributed by atoms with Gasteiger partial charge in [-0.1, -0.05) is 18.2 Å². The number of hydrogen-bond acceptors (Lipinski definition) is 5. The third-order valence-electron chi connectivity index (χ3n) is 4.54. The Bertz CT molecular complexity index is 727. The summed E-state index contributed by atoms with van der Waals surface area (Å²) in [5, 5.41) is 2.26. The number of methoxy groups -OCH3 is 3. The van der Waals surface area contributed by atoms with Crippen LogP contribution in [0.3, 0.4) is 0 Å². The van der Waals surface area contributed by atoms with Gasteiger partial charge in [-0.15, -0.1) is 0 Å². The van der Waals surface area contributed by atoms with Crippen molar-refractivity contribution >= 4 is 16.7 Å². The van der Waals surface area contributed by atoms with Gasteiger partial charge in [0.25, 0.3) is 0 Å². The number of nitrogens with zero attached hydrogens (tertiary/aromatic N) is 2. The van der Waals surface area contributed by atoms with Gasteiger partial charge in [-0.25, -0.2) is 0 Å². The zero-order chi connectivity index (χ0) is 19.6. The predicted molar refractivity (Wildman–Crippen MR) is 107 cm³/mol. The molecule has 0 heterocycles. The second-order valence-corrected chi connectivity index (χ2v) is 6.56. The number of carbonyl (C=O) groups excluding carboxylic acids is 1. The maximum Gasteiger partial charge on any atom is 0.236 e. The first-order valence-electron chi connectivity index (χ1n) is 9.08. The highest BCUT2D eigenvalue weighted by atomic mass is 16.5. The van der Waals surface area contributed by atoms with Crippen molar-refractivity contribution < 1.29 is 19.0 Å². The number of rotatable bonds is 11. The number of amides is 1. The van der Waals surface area contributed by atoms with E-state index in [4.69, 9.17) is 14.2 Å². The molecule has 0 saturated carbocycles. The zero-order valence-electron chi connectivity index (χ0n) is 16.7. The van der Waals surface area contributed by atoms with Gasteiger partial charge in [0.05, 0.1) is 26.9 Å². The fraction of sp³-hybridized carbons (Fsp3) is 0.476. The van der Waals surface area contributed by atoms with Crippen molar-refractivity contribution in [1.82, 2.24) is 9.80 Å². The standard InChI is InChI=1S/C21H30N2O4/c1-22(21(24)16-23(9-11-25-2)10-12-26-3)15-17-5-6-19-14-20(27-4)8-7-18(19)13-17/h5-8,13-14H,9-12,15-16H2,1-4H3. The lowest BCUT2D eigenvalue weighted by molar-refractivity contribution is -0.131. The molecule has 0 unspecified atom stereocenters. The summed E-state index contributed by atoms with van der Waals surface area (Å²) in [6, 6.07) is 12.2. The van der Waals surface area contributed by atoms with Gasteiger partial charge in [0.15, 0.2) is 0 Å². The number of likely N-dealkylation sites (N-methyl/N-ethyl adjacent to an activating group) is 1. The Labute approximate surface area is 161 Å². The Morgan fingerprint density at radius 2 is 1.56 bits per heavy atom. The molecule has 0 fully saturated rings. The minimum atomic E-state index is 0.0806. The summed E-state index contributed by atoms with van der Waals surface area (Å²) in [7, 11) is 6.83. The van der Waals surface area contributed by atoms with E-state index in [-0.39, 0.29) is 5.91 Å². The lowest BCUT2D eigenvalue weighted by Gasteiger charge is -2.25. The summed E-state index contributed by atoms with van der Waals surface area (Å²) in [6.07, 6.45) is 0. The Morgan fingerprint density at radius 1 is 0.926 bits per heavy atom. The molecule has 0 saturated heterocycles. The van der Waals surface area contributed by atoms with Crippen LogP contribution in [0.25, 0.3) is 10.8 Å². The van der Waals surface area contributed by atoms with Gasteiger partial charge in [0, 0.05) is 40.9 Å². The van der Waals surface area contributed by atoms with Crippen LogP contribution in [-0.4, -0.2) is 76.9 Å². The molecular weight excluding hydrogens is 344 g/mol.